The Kier molecular flexibility index (Phi) is 5.77. The molecule has 1 aliphatic rings. The Morgan fingerprint density at radius 3 is 2.25 bits per heavy atom. The van der Waals surface area contributed by atoms with Crippen LogP contribution in [0.5, 0.6) is 11.5 Å². The van der Waals surface area contributed by atoms with Crippen LogP contribution in [0.15, 0.2) is 42.5 Å². The Balaban J connectivity index is 1.65. The van der Waals surface area contributed by atoms with Crippen molar-refractivity contribution in [3.63, 3.8) is 0 Å². The van der Waals surface area contributed by atoms with Crippen LogP contribution in [-0.4, -0.2) is 25.5 Å². The Morgan fingerprint density at radius 2 is 1.68 bits per heavy atom. The molecule has 2 N–H and O–H groups in total. The molecule has 28 heavy (non-hydrogen) atoms. The van der Waals surface area contributed by atoms with Gasteiger partial charge in [-0.25, -0.2) is 0 Å². The van der Waals surface area contributed by atoms with Crippen LogP contribution in [0.4, 0.5) is 20.2 Å². The van der Waals surface area contributed by atoms with E-state index in [-0.39, 0.29) is 29.0 Å². The molecular weight excluding hydrogens is 370 g/mol. The number of hydrogen-bond acceptors (Lipinski definition) is 4. The topological polar surface area (TPSA) is 76.7 Å². The van der Waals surface area contributed by atoms with Gasteiger partial charge in [-0.2, -0.15) is 8.78 Å². The second kappa shape index (κ2) is 8.24. The van der Waals surface area contributed by atoms with Crippen LogP contribution < -0.4 is 20.1 Å². The van der Waals surface area contributed by atoms with Crippen molar-refractivity contribution in [2.45, 2.75) is 20.0 Å². The summed E-state index contributed by atoms with van der Waals surface area (Å²) < 4.78 is 34.4. The molecule has 1 saturated carbocycles. The second-order valence-corrected chi connectivity index (χ2v) is 6.58. The Morgan fingerprint density at radius 1 is 1.04 bits per heavy atom. The van der Waals surface area contributed by atoms with Crippen molar-refractivity contribution >= 4 is 23.2 Å². The number of amides is 2. The quantitative estimate of drug-likeness (QED) is 0.745. The molecule has 1 fully saturated rings. The van der Waals surface area contributed by atoms with Gasteiger partial charge < -0.3 is 20.1 Å². The SMILES string of the molecule is COc1ccc(NC(=O)c2ccc(NC(=O)C3CC3C)cc2)cc1OC(F)F. The van der Waals surface area contributed by atoms with E-state index in [1.165, 1.54) is 25.3 Å². The molecule has 0 heterocycles. The van der Waals surface area contributed by atoms with E-state index < -0.39 is 12.5 Å². The van der Waals surface area contributed by atoms with Crippen LogP contribution in [0.1, 0.15) is 23.7 Å². The molecule has 0 radical (unpaired) electrons. The maximum absolute atomic E-state index is 12.5. The number of alkyl halides is 2. The van der Waals surface area contributed by atoms with Gasteiger partial charge in [-0.15, -0.1) is 0 Å². The standard InChI is InChI=1S/C20H20F2N2O4/c1-11-9-15(11)19(26)23-13-5-3-12(4-6-13)18(25)24-14-7-8-16(27-2)17(10-14)28-20(21)22/h3-8,10-11,15,20H,9H2,1-2H3,(H,23,26)(H,24,25). The maximum Gasteiger partial charge on any atom is 0.387 e. The number of hydrogen-bond donors (Lipinski definition) is 2. The average molecular weight is 390 g/mol. The third-order valence-electron chi connectivity index (χ3n) is 4.50. The Labute approximate surface area is 160 Å². The van der Waals surface area contributed by atoms with Gasteiger partial charge in [-0.3, -0.25) is 9.59 Å². The third kappa shape index (κ3) is 4.76. The number of ether oxygens (including phenoxy) is 2. The molecule has 2 aromatic carbocycles. The van der Waals surface area contributed by atoms with Crippen molar-refractivity contribution in [2.75, 3.05) is 17.7 Å². The summed E-state index contributed by atoms with van der Waals surface area (Å²) in [6.45, 7) is -0.990. The van der Waals surface area contributed by atoms with Crippen LogP contribution >= 0.6 is 0 Å². The van der Waals surface area contributed by atoms with Crippen LogP contribution in [-0.2, 0) is 4.79 Å². The van der Waals surface area contributed by atoms with E-state index in [9.17, 15) is 18.4 Å². The van der Waals surface area contributed by atoms with Crippen molar-refractivity contribution < 1.29 is 27.8 Å². The molecule has 3 rings (SSSR count). The van der Waals surface area contributed by atoms with Gasteiger partial charge in [0.1, 0.15) is 0 Å². The predicted molar refractivity (Wildman–Crippen MR) is 99.9 cm³/mol. The summed E-state index contributed by atoms with van der Waals surface area (Å²) in [5, 5.41) is 5.43. The third-order valence-corrected chi connectivity index (χ3v) is 4.50. The zero-order valence-electron chi connectivity index (χ0n) is 15.4. The Hall–Kier alpha value is -3.16. The molecule has 6 nitrogen and oxygen atoms in total. The van der Waals surface area contributed by atoms with Crippen molar-refractivity contribution in [3.05, 3.63) is 48.0 Å². The molecule has 0 saturated heterocycles. The summed E-state index contributed by atoms with van der Waals surface area (Å²) in [6, 6.07) is 10.6. The number of halogens is 2. The largest absolute Gasteiger partial charge is 0.493 e. The fourth-order valence-corrected chi connectivity index (χ4v) is 2.77. The van der Waals surface area contributed by atoms with Crippen LogP contribution in [0.2, 0.25) is 0 Å². The smallest absolute Gasteiger partial charge is 0.387 e. The first-order valence-corrected chi connectivity index (χ1v) is 8.72. The minimum Gasteiger partial charge on any atom is -0.493 e. The highest BCUT2D eigenvalue weighted by atomic mass is 19.3. The fraction of sp³-hybridized carbons (Fsp3) is 0.300. The number of methoxy groups -OCH3 is 1. The summed E-state index contributed by atoms with van der Waals surface area (Å²) in [5.41, 5.74) is 1.24. The minimum absolute atomic E-state index is 0.0190. The molecule has 2 amide bonds. The molecule has 1 aliphatic carbocycles. The number of carbonyl (C=O) groups excluding carboxylic acids is 2. The number of nitrogens with one attached hydrogen (secondary N) is 2. The zero-order valence-corrected chi connectivity index (χ0v) is 15.4. The van der Waals surface area contributed by atoms with Crippen LogP contribution in [0.25, 0.3) is 0 Å². The normalized spacial score (nSPS) is 17.8. The van der Waals surface area contributed by atoms with Crippen LogP contribution in [0.3, 0.4) is 0 Å². The predicted octanol–water partition coefficient (Wildman–Crippen LogP) is 4.14. The summed E-state index contributed by atoms with van der Waals surface area (Å²) in [7, 11) is 1.33. The summed E-state index contributed by atoms with van der Waals surface area (Å²) in [4.78, 5) is 24.3. The maximum atomic E-state index is 12.5. The van der Waals surface area contributed by atoms with Gasteiger partial charge in [0.2, 0.25) is 5.91 Å². The first kappa shape index (κ1) is 19.6. The molecule has 148 valence electrons. The second-order valence-electron chi connectivity index (χ2n) is 6.58. The summed E-state index contributed by atoms with van der Waals surface area (Å²) in [5.74, 6) is -0.0291. The van der Waals surface area contributed by atoms with E-state index in [1.54, 1.807) is 24.3 Å². The minimum atomic E-state index is -3.01. The Bertz CT molecular complexity index is 871. The van der Waals surface area contributed by atoms with E-state index in [0.717, 1.165) is 6.42 Å². The first-order chi connectivity index (χ1) is 13.4. The lowest BCUT2D eigenvalue weighted by Crippen LogP contribution is -2.15. The molecule has 2 atom stereocenters. The molecule has 2 aromatic rings. The lowest BCUT2D eigenvalue weighted by Gasteiger charge is -2.12. The molecule has 0 spiro atoms. The number of anilines is 2. The number of rotatable bonds is 7. The highest BCUT2D eigenvalue weighted by Gasteiger charge is 2.39. The average Bonchev–Trinajstić information content (AvgIpc) is 3.39. The van der Waals surface area contributed by atoms with E-state index in [2.05, 4.69) is 15.4 Å². The van der Waals surface area contributed by atoms with Gasteiger partial charge >= 0.3 is 6.61 Å². The van der Waals surface area contributed by atoms with Crippen molar-refractivity contribution in [2.24, 2.45) is 11.8 Å². The first-order valence-electron chi connectivity index (χ1n) is 8.72. The van der Waals surface area contributed by atoms with E-state index in [1.807, 2.05) is 6.92 Å². The zero-order chi connectivity index (χ0) is 20.3. The lowest BCUT2D eigenvalue weighted by molar-refractivity contribution is -0.117. The van der Waals surface area contributed by atoms with Gasteiger partial charge in [-0.05, 0) is 48.7 Å². The van der Waals surface area contributed by atoms with E-state index in [4.69, 9.17) is 4.74 Å². The highest BCUT2D eigenvalue weighted by Crippen LogP contribution is 2.38. The molecule has 0 aromatic heterocycles. The van der Waals surface area contributed by atoms with Gasteiger partial charge in [0.25, 0.3) is 5.91 Å². The van der Waals surface area contributed by atoms with Gasteiger partial charge in [0, 0.05) is 28.9 Å². The lowest BCUT2D eigenvalue weighted by atomic mass is 10.1. The summed E-state index contributed by atoms with van der Waals surface area (Å²) >= 11 is 0. The summed E-state index contributed by atoms with van der Waals surface area (Å²) in [6.07, 6.45) is 0.894. The van der Waals surface area contributed by atoms with Crippen molar-refractivity contribution in [1.29, 1.82) is 0 Å². The number of carbonyl (C=O) groups is 2. The van der Waals surface area contributed by atoms with Crippen molar-refractivity contribution in [3.8, 4) is 11.5 Å². The number of benzene rings is 2. The molecule has 0 aliphatic heterocycles. The molecule has 8 heteroatoms. The van der Waals surface area contributed by atoms with Gasteiger partial charge in [0.05, 0.1) is 7.11 Å². The van der Waals surface area contributed by atoms with Gasteiger partial charge in [-0.1, -0.05) is 6.92 Å². The van der Waals surface area contributed by atoms with Crippen LogP contribution in [0, 0.1) is 11.8 Å². The van der Waals surface area contributed by atoms with Crippen molar-refractivity contribution in [1.82, 2.24) is 0 Å². The van der Waals surface area contributed by atoms with E-state index >= 15 is 0 Å². The monoisotopic (exact) mass is 390 g/mol. The highest BCUT2D eigenvalue weighted by molar-refractivity contribution is 6.05. The fourth-order valence-electron chi connectivity index (χ4n) is 2.77. The molecule has 0 bridgehead atoms. The molecule has 2 unspecified atom stereocenters. The van der Waals surface area contributed by atoms with Gasteiger partial charge in [0.15, 0.2) is 11.5 Å². The van der Waals surface area contributed by atoms with E-state index in [0.29, 0.717) is 17.2 Å². The molecular formula is C20H20F2N2O4.